The van der Waals surface area contributed by atoms with Crippen molar-refractivity contribution in [3.8, 4) is 0 Å². The molecule has 0 aromatic carbocycles. The van der Waals surface area contributed by atoms with Crippen LogP contribution in [0.2, 0.25) is 0 Å². The molecule has 0 rings (SSSR count). The molecule has 0 aliphatic heterocycles. The van der Waals surface area contributed by atoms with E-state index in [9.17, 15) is 0 Å². The van der Waals surface area contributed by atoms with E-state index in [1.807, 2.05) is 0 Å². The first-order valence-electron chi connectivity index (χ1n) is 4.16. The van der Waals surface area contributed by atoms with Gasteiger partial charge in [-0.2, -0.15) is 0 Å². The van der Waals surface area contributed by atoms with Crippen LogP contribution in [0.5, 0.6) is 0 Å². The van der Waals surface area contributed by atoms with Gasteiger partial charge < -0.3 is 5.32 Å². The van der Waals surface area contributed by atoms with E-state index in [-0.39, 0.29) is 0 Å². The largest absolute Gasteiger partial charge is 0.305 e. The highest BCUT2D eigenvalue weighted by Crippen LogP contribution is 1.83. The van der Waals surface area contributed by atoms with Crippen LogP contribution in [0, 0.1) is 0 Å². The van der Waals surface area contributed by atoms with E-state index in [0.29, 0.717) is 0 Å². The molecule has 62 valence electrons. The van der Waals surface area contributed by atoms with Crippen molar-refractivity contribution in [2.45, 2.75) is 26.4 Å². The van der Waals surface area contributed by atoms with Gasteiger partial charge in [-0.15, -0.1) is 0 Å². The van der Waals surface area contributed by atoms with Crippen molar-refractivity contribution in [2.75, 3.05) is 19.8 Å². The van der Waals surface area contributed by atoms with Crippen LogP contribution in [0.15, 0.2) is 0 Å². The fourth-order valence-electron chi connectivity index (χ4n) is 0.759. The van der Waals surface area contributed by atoms with Crippen molar-refractivity contribution in [1.82, 2.24) is 10.2 Å². The maximum absolute atomic E-state index is 3.44. The van der Waals surface area contributed by atoms with E-state index >= 15 is 0 Å². The summed E-state index contributed by atoms with van der Waals surface area (Å²) in [4.78, 5) is 2.38. The van der Waals surface area contributed by atoms with Crippen LogP contribution in [0.3, 0.4) is 0 Å². The molecule has 2 nitrogen and oxygen atoms in total. The van der Waals surface area contributed by atoms with Gasteiger partial charge in [-0.3, -0.25) is 4.90 Å². The van der Waals surface area contributed by atoms with Crippen LogP contribution >= 0.6 is 0 Å². The monoisotopic (exact) mass is 160 g/mol. The Bertz CT molecular complexity index is 72.0. The Labute approximate surface area is 67.4 Å². The molecule has 1 N–H and O–H groups in total. The lowest BCUT2D eigenvalue weighted by molar-refractivity contribution is 0.277. The average molecular weight is 160 g/mol. The van der Waals surface area contributed by atoms with E-state index in [4.69, 9.17) is 0 Å². The van der Waals surface area contributed by atoms with Crippen molar-refractivity contribution in [2.24, 2.45) is 0 Å². The molecule has 0 aromatic rings. The fraction of sp³-hybridized carbons (Fsp3) is 1.00. The van der Waals surface area contributed by atoms with Gasteiger partial charge in [0.05, 0.1) is 0 Å². The summed E-state index contributed by atoms with van der Waals surface area (Å²) in [6, 6.07) is 0. The third-order valence-electron chi connectivity index (χ3n) is 1.62. The van der Waals surface area contributed by atoms with Crippen LogP contribution in [0.25, 0.3) is 0 Å². The number of rotatable bonds is 5. The lowest BCUT2D eigenvalue weighted by atomic mass is 10.5. The maximum atomic E-state index is 3.44. The Morgan fingerprint density at radius 3 is 2.20 bits per heavy atom. The Kier molecular flexibility index (Phi) is 5.97. The third-order valence-corrected chi connectivity index (χ3v) is 2.03. The number of nitrogens with one attached hydrogen (secondary N) is 1. The van der Waals surface area contributed by atoms with Gasteiger partial charge in [-0.1, -0.05) is 20.8 Å². The van der Waals surface area contributed by atoms with E-state index in [2.05, 4.69) is 31.0 Å². The zero-order valence-corrected chi connectivity index (χ0v) is 9.65. The molecule has 0 spiro atoms. The molecule has 0 saturated heterocycles. The van der Waals surface area contributed by atoms with Gasteiger partial charge in [-0.05, 0) is 18.8 Å². The van der Waals surface area contributed by atoms with Gasteiger partial charge in [0, 0.05) is 16.9 Å². The Morgan fingerprint density at radius 2 is 1.90 bits per heavy atom. The second kappa shape index (κ2) is 5.89. The van der Waals surface area contributed by atoms with Gasteiger partial charge >= 0.3 is 0 Å². The topological polar surface area (TPSA) is 15.3 Å². The molecular weight excluding hydrogens is 140 g/mol. The van der Waals surface area contributed by atoms with Crippen molar-refractivity contribution in [1.29, 1.82) is 0 Å². The average Bonchev–Trinajstić information content (AvgIpc) is 1.90. The predicted octanol–water partition coefficient (Wildman–Crippen LogP) is -0.413. The minimum atomic E-state index is 0.737. The lowest BCUT2D eigenvalue weighted by Crippen LogP contribution is -2.38. The predicted molar refractivity (Wildman–Crippen MR) is 50.3 cm³/mol. The van der Waals surface area contributed by atoms with Crippen LogP contribution in [0.1, 0.15) is 20.8 Å². The summed E-state index contributed by atoms with van der Waals surface area (Å²) in [6.45, 7) is 9.98. The fourth-order valence-corrected chi connectivity index (χ4v) is 0.941. The number of hydrogen-bond acceptors (Lipinski definition) is 2. The lowest BCUT2D eigenvalue weighted by Gasteiger charge is -2.20. The third kappa shape index (κ3) is 4.96. The molecule has 0 bridgehead atoms. The molecule has 10 heavy (non-hydrogen) atoms. The Hall–Kier alpha value is 0.137. The summed E-state index contributed by atoms with van der Waals surface area (Å²) in [6.07, 6.45) is 0. The van der Waals surface area contributed by atoms with E-state index < -0.39 is 0 Å². The zero-order chi connectivity index (χ0) is 7.98. The number of nitrogens with zero attached hydrogens (tertiary/aromatic N) is 1. The first-order chi connectivity index (χ1) is 4.70. The molecule has 0 heterocycles. The summed E-state index contributed by atoms with van der Waals surface area (Å²) in [5, 5.41) is 3.44. The smallest absolute Gasteiger partial charge is 0.0479 e. The number of hydrogen-bond donors (Lipinski definition) is 1. The van der Waals surface area contributed by atoms with Gasteiger partial charge in [0.1, 0.15) is 0 Å². The van der Waals surface area contributed by atoms with Crippen molar-refractivity contribution in [3.63, 3.8) is 0 Å². The minimum Gasteiger partial charge on any atom is -0.305 e. The van der Waals surface area contributed by atoms with Crippen molar-refractivity contribution < 1.29 is 0 Å². The Morgan fingerprint density at radius 1 is 1.40 bits per heavy atom. The molecule has 0 saturated carbocycles. The Balaban J connectivity index is 3.26. The summed E-state index contributed by atoms with van der Waals surface area (Å²) >= 11 is 0. The van der Waals surface area contributed by atoms with Crippen molar-refractivity contribution in [3.05, 3.63) is 0 Å². The van der Waals surface area contributed by atoms with Crippen LogP contribution in [-0.2, 0) is 0 Å². The molecule has 0 aliphatic rings. The van der Waals surface area contributed by atoms with Crippen LogP contribution < -0.4 is 5.32 Å². The van der Waals surface area contributed by atoms with Gasteiger partial charge in [0.15, 0.2) is 0 Å². The summed E-state index contributed by atoms with van der Waals surface area (Å²) in [5.74, 6) is 0. The molecule has 0 fully saturated rings. The molecule has 3 heteroatoms. The van der Waals surface area contributed by atoms with Crippen LogP contribution in [0.4, 0.5) is 0 Å². The summed E-state index contributed by atoms with van der Waals surface area (Å²) in [5.41, 5.74) is 0.737. The zero-order valence-electron chi connectivity index (χ0n) is 7.65. The van der Waals surface area contributed by atoms with Gasteiger partial charge in [0.2, 0.25) is 0 Å². The molecular formula is C7H20N2Si. The first-order valence-corrected chi connectivity index (χ1v) is 5.31. The second-order valence-corrected chi connectivity index (χ2v) is 4.55. The standard InChI is InChI=1S/C7H20N2Si/c1-4-9(5-2)6-8-7(3)10/h7-8H,4-6H2,1-3,10H3. The molecule has 0 amide bonds. The van der Waals surface area contributed by atoms with E-state index in [1.165, 1.54) is 10.2 Å². The minimum absolute atomic E-state index is 0.737. The highest BCUT2D eigenvalue weighted by molar-refractivity contribution is 6.11. The van der Waals surface area contributed by atoms with Gasteiger partial charge in [0.25, 0.3) is 0 Å². The second-order valence-electron chi connectivity index (χ2n) is 2.82. The maximum Gasteiger partial charge on any atom is 0.0479 e. The highest BCUT2D eigenvalue weighted by atomic mass is 28.1. The van der Waals surface area contributed by atoms with Crippen molar-refractivity contribution >= 4 is 10.2 Å². The molecule has 1 atom stereocenters. The van der Waals surface area contributed by atoms with E-state index in [1.54, 1.807) is 0 Å². The van der Waals surface area contributed by atoms with E-state index in [0.717, 1.165) is 25.4 Å². The van der Waals surface area contributed by atoms with Crippen LogP contribution in [-0.4, -0.2) is 40.6 Å². The summed E-state index contributed by atoms with van der Waals surface area (Å²) < 4.78 is 0. The SMILES string of the molecule is CCN(CC)CNC(C)[SiH3]. The molecule has 0 aliphatic carbocycles. The first kappa shape index (κ1) is 10.1. The van der Waals surface area contributed by atoms with Gasteiger partial charge in [-0.25, -0.2) is 0 Å². The highest BCUT2D eigenvalue weighted by Gasteiger charge is 1.97. The quantitative estimate of drug-likeness (QED) is 0.434. The molecule has 0 aromatic heterocycles. The summed E-state index contributed by atoms with van der Waals surface area (Å²) in [7, 11) is 1.24. The molecule has 0 radical (unpaired) electrons. The normalized spacial score (nSPS) is 14.4. The molecule has 1 unspecified atom stereocenters.